The molecular formula is C16H20N2O. The molecule has 0 atom stereocenters. The molecule has 0 unspecified atom stereocenters. The van der Waals surface area contributed by atoms with E-state index in [1.54, 1.807) is 0 Å². The van der Waals surface area contributed by atoms with Crippen molar-refractivity contribution in [2.75, 3.05) is 0 Å². The number of nitrogens with one attached hydrogen (secondary N) is 1. The van der Waals surface area contributed by atoms with Gasteiger partial charge in [0.1, 0.15) is 5.82 Å². The van der Waals surface area contributed by atoms with Crippen molar-refractivity contribution < 1.29 is 5.11 Å². The highest BCUT2D eigenvalue weighted by atomic mass is 16.3. The molecule has 0 radical (unpaired) electrons. The number of hydrogen-bond acceptors (Lipinski definition) is 2. The fraction of sp³-hybridized carbons (Fsp3) is 0.562. The van der Waals surface area contributed by atoms with E-state index in [-0.39, 0.29) is 6.10 Å². The van der Waals surface area contributed by atoms with Gasteiger partial charge < -0.3 is 10.1 Å². The van der Waals surface area contributed by atoms with E-state index in [2.05, 4.69) is 28.2 Å². The van der Waals surface area contributed by atoms with Gasteiger partial charge in [0.25, 0.3) is 0 Å². The molecule has 1 heterocycles. The zero-order valence-electron chi connectivity index (χ0n) is 11.1. The molecule has 2 saturated carbocycles. The number of hydrogen-bond donors (Lipinski definition) is 2. The average molecular weight is 256 g/mol. The van der Waals surface area contributed by atoms with E-state index < -0.39 is 0 Å². The van der Waals surface area contributed by atoms with Crippen molar-refractivity contribution in [1.82, 2.24) is 9.97 Å². The first-order valence-electron chi connectivity index (χ1n) is 7.47. The maximum Gasteiger partial charge on any atom is 0.110 e. The van der Waals surface area contributed by atoms with Crippen molar-refractivity contribution >= 4 is 11.0 Å². The molecular weight excluding hydrogens is 236 g/mol. The minimum atomic E-state index is -0.0754. The third-order valence-corrected chi connectivity index (χ3v) is 4.66. The van der Waals surface area contributed by atoms with Crippen LogP contribution in [0.4, 0.5) is 0 Å². The predicted molar refractivity (Wildman–Crippen MR) is 75.3 cm³/mol. The summed E-state index contributed by atoms with van der Waals surface area (Å²) in [6.07, 6.45) is 6.60. The van der Waals surface area contributed by atoms with Crippen LogP contribution in [0.2, 0.25) is 0 Å². The molecule has 3 heteroatoms. The summed E-state index contributed by atoms with van der Waals surface area (Å²) in [4.78, 5) is 8.16. The van der Waals surface area contributed by atoms with Gasteiger partial charge >= 0.3 is 0 Å². The second kappa shape index (κ2) is 4.34. The summed E-state index contributed by atoms with van der Waals surface area (Å²) in [6, 6.07) is 6.65. The normalized spacial score (nSPS) is 27.8. The van der Waals surface area contributed by atoms with Crippen molar-refractivity contribution in [2.24, 2.45) is 0 Å². The summed E-state index contributed by atoms with van der Waals surface area (Å²) in [5, 5.41) is 9.60. The van der Waals surface area contributed by atoms with Crippen LogP contribution >= 0.6 is 0 Å². The van der Waals surface area contributed by atoms with Crippen LogP contribution in [0.1, 0.15) is 61.7 Å². The number of aliphatic hydroxyl groups excluding tert-OH is 1. The van der Waals surface area contributed by atoms with E-state index in [0.29, 0.717) is 11.8 Å². The molecule has 2 N–H and O–H groups in total. The van der Waals surface area contributed by atoms with Crippen LogP contribution in [-0.4, -0.2) is 21.2 Å². The minimum absolute atomic E-state index is 0.0754. The van der Waals surface area contributed by atoms with Crippen molar-refractivity contribution in [1.29, 1.82) is 0 Å². The molecule has 2 aromatic rings. The first kappa shape index (κ1) is 11.5. The molecule has 19 heavy (non-hydrogen) atoms. The fourth-order valence-corrected chi connectivity index (χ4v) is 3.26. The molecule has 1 aromatic carbocycles. The van der Waals surface area contributed by atoms with Crippen LogP contribution in [0, 0.1) is 0 Å². The number of aliphatic hydroxyl groups is 1. The lowest BCUT2D eigenvalue weighted by molar-refractivity contribution is 0.122. The molecule has 0 spiro atoms. The molecule has 100 valence electrons. The summed E-state index contributed by atoms with van der Waals surface area (Å²) in [7, 11) is 0. The number of imidazole rings is 1. The second-order valence-corrected chi connectivity index (χ2v) is 6.18. The average Bonchev–Trinajstić information content (AvgIpc) is 3.19. The quantitative estimate of drug-likeness (QED) is 0.864. The Morgan fingerprint density at radius 3 is 2.47 bits per heavy atom. The van der Waals surface area contributed by atoms with Gasteiger partial charge in [-0.25, -0.2) is 4.98 Å². The van der Waals surface area contributed by atoms with Gasteiger partial charge in [-0.2, -0.15) is 0 Å². The Morgan fingerprint density at radius 2 is 1.74 bits per heavy atom. The Labute approximate surface area is 113 Å². The number of H-pyrrole nitrogens is 1. The topological polar surface area (TPSA) is 48.9 Å². The Kier molecular flexibility index (Phi) is 2.62. The van der Waals surface area contributed by atoms with Gasteiger partial charge in [-0.15, -0.1) is 0 Å². The van der Waals surface area contributed by atoms with Crippen LogP contribution in [0.15, 0.2) is 18.2 Å². The SMILES string of the molecule is OC1CCC(c2ccc3nc(C4CC4)[nH]c3c2)CC1. The van der Waals surface area contributed by atoms with Gasteiger partial charge in [0.15, 0.2) is 0 Å². The number of aromatic nitrogens is 2. The van der Waals surface area contributed by atoms with Crippen LogP contribution in [-0.2, 0) is 0 Å². The number of benzene rings is 1. The van der Waals surface area contributed by atoms with Crippen LogP contribution in [0.5, 0.6) is 0 Å². The van der Waals surface area contributed by atoms with Gasteiger partial charge in [0.2, 0.25) is 0 Å². The highest BCUT2D eigenvalue weighted by Gasteiger charge is 2.27. The Balaban J connectivity index is 1.63. The predicted octanol–water partition coefficient (Wildman–Crippen LogP) is 3.46. The molecule has 0 saturated heterocycles. The molecule has 0 bridgehead atoms. The highest BCUT2D eigenvalue weighted by molar-refractivity contribution is 5.76. The summed E-state index contributed by atoms with van der Waals surface area (Å²) < 4.78 is 0. The van der Waals surface area contributed by atoms with Gasteiger partial charge in [0.05, 0.1) is 17.1 Å². The highest BCUT2D eigenvalue weighted by Crippen LogP contribution is 2.39. The lowest BCUT2D eigenvalue weighted by atomic mass is 9.83. The zero-order valence-corrected chi connectivity index (χ0v) is 11.1. The number of fused-ring (bicyclic) bond motifs is 1. The van der Waals surface area contributed by atoms with Crippen LogP contribution < -0.4 is 0 Å². The van der Waals surface area contributed by atoms with E-state index in [0.717, 1.165) is 31.2 Å². The standard InChI is InChI=1S/C16H20N2O/c19-13-6-3-10(4-7-13)12-5-8-14-15(9-12)18-16(17-14)11-1-2-11/h5,8-11,13,19H,1-4,6-7H2,(H,17,18). The summed E-state index contributed by atoms with van der Waals surface area (Å²) in [6.45, 7) is 0. The molecule has 0 aliphatic heterocycles. The summed E-state index contributed by atoms with van der Waals surface area (Å²) in [5.74, 6) is 2.47. The molecule has 4 rings (SSSR count). The Hall–Kier alpha value is -1.35. The van der Waals surface area contributed by atoms with Gasteiger partial charge in [-0.1, -0.05) is 6.07 Å². The van der Waals surface area contributed by atoms with Gasteiger partial charge in [-0.3, -0.25) is 0 Å². The van der Waals surface area contributed by atoms with Crippen LogP contribution in [0.25, 0.3) is 11.0 Å². The van der Waals surface area contributed by atoms with Gasteiger partial charge in [0, 0.05) is 5.92 Å². The van der Waals surface area contributed by atoms with Crippen molar-refractivity contribution in [3.8, 4) is 0 Å². The lowest BCUT2D eigenvalue weighted by Crippen LogP contribution is -2.16. The molecule has 3 nitrogen and oxygen atoms in total. The minimum Gasteiger partial charge on any atom is -0.393 e. The molecule has 1 aromatic heterocycles. The lowest BCUT2D eigenvalue weighted by Gasteiger charge is -2.25. The number of rotatable bonds is 2. The molecule has 2 fully saturated rings. The maximum absolute atomic E-state index is 9.60. The molecule has 2 aliphatic carbocycles. The van der Waals surface area contributed by atoms with Crippen molar-refractivity contribution in [2.45, 2.75) is 56.5 Å². The zero-order chi connectivity index (χ0) is 12.8. The first-order chi connectivity index (χ1) is 9.29. The van der Waals surface area contributed by atoms with E-state index in [1.165, 1.54) is 29.7 Å². The van der Waals surface area contributed by atoms with Crippen molar-refractivity contribution in [3.63, 3.8) is 0 Å². The second-order valence-electron chi connectivity index (χ2n) is 6.18. The monoisotopic (exact) mass is 256 g/mol. The summed E-state index contributed by atoms with van der Waals surface area (Å²) >= 11 is 0. The first-order valence-corrected chi connectivity index (χ1v) is 7.47. The third kappa shape index (κ3) is 2.16. The van der Waals surface area contributed by atoms with Crippen LogP contribution in [0.3, 0.4) is 0 Å². The van der Waals surface area contributed by atoms with Crippen molar-refractivity contribution in [3.05, 3.63) is 29.6 Å². The number of aromatic amines is 1. The van der Waals surface area contributed by atoms with E-state index >= 15 is 0 Å². The fourth-order valence-electron chi connectivity index (χ4n) is 3.26. The van der Waals surface area contributed by atoms with E-state index in [9.17, 15) is 5.11 Å². The smallest absolute Gasteiger partial charge is 0.110 e. The largest absolute Gasteiger partial charge is 0.393 e. The van der Waals surface area contributed by atoms with E-state index in [1.807, 2.05) is 0 Å². The molecule has 0 amide bonds. The molecule has 2 aliphatic rings. The van der Waals surface area contributed by atoms with Gasteiger partial charge in [-0.05, 0) is 62.1 Å². The Bertz CT molecular complexity index is 592. The van der Waals surface area contributed by atoms with E-state index in [4.69, 9.17) is 0 Å². The maximum atomic E-state index is 9.60. The summed E-state index contributed by atoms with van der Waals surface area (Å²) in [5.41, 5.74) is 3.69. The third-order valence-electron chi connectivity index (χ3n) is 4.66. The number of nitrogens with zero attached hydrogens (tertiary/aromatic N) is 1. The Morgan fingerprint density at radius 1 is 1.00 bits per heavy atom.